The Labute approximate surface area is 169 Å². The van der Waals surface area contributed by atoms with Crippen molar-refractivity contribution in [3.05, 3.63) is 100 Å². The Bertz CT molecular complexity index is 1130. The molecule has 3 aromatic carbocycles. The molecule has 1 N–H and O–H groups in total. The van der Waals surface area contributed by atoms with Gasteiger partial charge in [-0.15, -0.1) is 0 Å². The number of hydrogen-bond donors (Lipinski definition) is 1. The lowest BCUT2D eigenvalue weighted by atomic mass is 10.1. The molecule has 0 aromatic heterocycles. The highest BCUT2D eigenvalue weighted by molar-refractivity contribution is 6.22. The van der Waals surface area contributed by atoms with E-state index in [1.807, 2.05) is 56.3 Å². The number of nitrogens with one attached hydrogen (secondary N) is 1. The number of amides is 3. The quantitative estimate of drug-likeness (QED) is 0.680. The lowest BCUT2D eigenvalue weighted by Crippen LogP contribution is -2.29. The molecule has 4 rings (SSSR count). The smallest absolute Gasteiger partial charge is 0.261 e. The highest BCUT2D eigenvalue weighted by Gasteiger charge is 2.36. The average molecular weight is 384 g/mol. The lowest BCUT2D eigenvalue weighted by molar-refractivity contribution is 0.0642. The van der Waals surface area contributed by atoms with Crippen LogP contribution < -0.4 is 5.32 Å². The fourth-order valence-electron chi connectivity index (χ4n) is 3.38. The second-order valence-corrected chi connectivity index (χ2v) is 7.27. The van der Waals surface area contributed by atoms with Crippen molar-refractivity contribution < 1.29 is 14.4 Å². The molecule has 3 amide bonds. The van der Waals surface area contributed by atoms with Crippen LogP contribution in [0.15, 0.2) is 66.7 Å². The predicted octanol–water partition coefficient (Wildman–Crippen LogP) is 4.35. The molecule has 0 atom stereocenters. The Morgan fingerprint density at radius 3 is 2.28 bits per heavy atom. The van der Waals surface area contributed by atoms with Crippen molar-refractivity contribution in [1.82, 2.24) is 4.90 Å². The summed E-state index contributed by atoms with van der Waals surface area (Å²) >= 11 is 0. The number of hydrogen-bond acceptors (Lipinski definition) is 3. The van der Waals surface area contributed by atoms with Gasteiger partial charge in [0.15, 0.2) is 0 Å². The summed E-state index contributed by atoms with van der Waals surface area (Å²) in [5, 5.41) is 2.82. The number of benzene rings is 3. The summed E-state index contributed by atoms with van der Waals surface area (Å²) in [5.41, 5.74) is 4.63. The fraction of sp³-hybridized carbons (Fsp3) is 0.125. The van der Waals surface area contributed by atoms with Crippen molar-refractivity contribution in [3.8, 4) is 0 Å². The van der Waals surface area contributed by atoms with Crippen LogP contribution in [-0.4, -0.2) is 22.6 Å². The van der Waals surface area contributed by atoms with Crippen LogP contribution in [0.2, 0.25) is 0 Å². The SMILES string of the molecule is Cc1ccc(CN2C(=O)c3ccc(C(=O)Nc4cccc(C)c4)cc3C2=O)cc1. The van der Waals surface area contributed by atoms with Crippen LogP contribution in [-0.2, 0) is 6.54 Å². The molecule has 0 saturated carbocycles. The van der Waals surface area contributed by atoms with Crippen molar-refractivity contribution in [2.75, 3.05) is 5.32 Å². The van der Waals surface area contributed by atoms with E-state index in [-0.39, 0.29) is 29.8 Å². The number of imide groups is 1. The molecule has 3 aromatic rings. The zero-order chi connectivity index (χ0) is 20.5. The number of fused-ring (bicyclic) bond motifs is 1. The number of anilines is 1. The topological polar surface area (TPSA) is 66.5 Å². The molecule has 1 heterocycles. The van der Waals surface area contributed by atoms with E-state index in [4.69, 9.17) is 0 Å². The van der Waals surface area contributed by atoms with Gasteiger partial charge in [-0.2, -0.15) is 0 Å². The summed E-state index contributed by atoms with van der Waals surface area (Å²) in [4.78, 5) is 39.3. The molecule has 1 aliphatic heterocycles. The van der Waals surface area contributed by atoms with Gasteiger partial charge in [0, 0.05) is 11.3 Å². The Morgan fingerprint density at radius 2 is 1.55 bits per heavy atom. The first-order valence-electron chi connectivity index (χ1n) is 9.36. The van der Waals surface area contributed by atoms with E-state index in [1.54, 1.807) is 18.2 Å². The molecule has 5 nitrogen and oxygen atoms in total. The molecule has 0 radical (unpaired) electrons. The molecule has 0 spiro atoms. The molecule has 0 saturated heterocycles. The van der Waals surface area contributed by atoms with Crippen LogP contribution in [0.5, 0.6) is 0 Å². The van der Waals surface area contributed by atoms with Gasteiger partial charge in [-0.1, -0.05) is 42.0 Å². The minimum absolute atomic E-state index is 0.206. The molecule has 0 aliphatic carbocycles. The zero-order valence-electron chi connectivity index (χ0n) is 16.2. The third kappa shape index (κ3) is 3.67. The van der Waals surface area contributed by atoms with Crippen LogP contribution in [0.4, 0.5) is 5.69 Å². The van der Waals surface area contributed by atoms with E-state index < -0.39 is 0 Å². The summed E-state index contributed by atoms with van der Waals surface area (Å²) in [6, 6.07) is 19.8. The largest absolute Gasteiger partial charge is 0.322 e. The Morgan fingerprint density at radius 1 is 0.828 bits per heavy atom. The molecular weight excluding hydrogens is 364 g/mol. The van der Waals surface area contributed by atoms with Crippen LogP contribution >= 0.6 is 0 Å². The van der Waals surface area contributed by atoms with Crippen molar-refractivity contribution in [2.45, 2.75) is 20.4 Å². The summed E-state index contributed by atoms with van der Waals surface area (Å²) in [7, 11) is 0. The molecule has 0 bridgehead atoms. The van der Waals surface area contributed by atoms with Gasteiger partial charge in [0.05, 0.1) is 17.7 Å². The molecule has 1 aliphatic rings. The van der Waals surface area contributed by atoms with Crippen molar-refractivity contribution >= 4 is 23.4 Å². The van der Waals surface area contributed by atoms with Crippen molar-refractivity contribution in [2.24, 2.45) is 0 Å². The van der Waals surface area contributed by atoms with Gasteiger partial charge in [-0.05, 0) is 55.3 Å². The highest BCUT2D eigenvalue weighted by Crippen LogP contribution is 2.26. The van der Waals surface area contributed by atoms with Gasteiger partial charge in [0.25, 0.3) is 17.7 Å². The second kappa shape index (κ2) is 7.36. The molecule has 5 heteroatoms. The zero-order valence-corrected chi connectivity index (χ0v) is 16.2. The van der Waals surface area contributed by atoms with Crippen LogP contribution in [0.25, 0.3) is 0 Å². The summed E-state index contributed by atoms with van der Waals surface area (Å²) < 4.78 is 0. The van der Waals surface area contributed by atoms with E-state index >= 15 is 0 Å². The Kier molecular flexibility index (Phi) is 4.72. The van der Waals surface area contributed by atoms with Crippen LogP contribution in [0, 0.1) is 13.8 Å². The summed E-state index contributed by atoms with van der Waals surface area (Å²) in [5.74, 6) is -1.04. The van der Waals surface area contributed by atoms with Gasteiger partial charge in [-0.25, -0.2) is 0 Å². The first-order chi connectivity index (χ1) is 13.9. The molecule has 29 heavy (non-hydrogen) atoms. The summed E-state index contributed by atoms with van der Waals surface area (Å²) in [6.07, 6.45) is 0. The number of carbonyl (C=O) groups is 3. The van der Waals surface area contributed by atoms with E-state index in [9.17, 15) is 14.4 Å². The Hall–Kier alpha value is -3.73. The van der Waals surface area contributed by atoms with Crippen LogP contribution in [0.1, 0.15) is 47.8 Å². The molecular formula is C24H20N2O3. The maximum Gasteiger partial charge on any atom is 0.261 e. The summed E-state index contributed by atoms with van der Waals surface area (Å²) in [6.45, 7) is 4.13. The van der Waals surface area contributed by atoms with Gasteiger partial charge < -0.3 is 5.32 Å². The normalized spacial score (nSPS) is 12.8. The fourth-order valence-corrected chi connectivity index (χ4v) is 3.38. The van der Waals surface area contributed by atoms with Crippen molar-refractivity contribution in [3.63, 3.8) is 0 Å². The van der Waals surface area contributed by atoms with Gasteiger partial charge in [0.2, 0.25) is 0 Å². The number of rotatable bonds is 4. The van der Waals surface area contributed by atoms with Crippen LogP contribution in [0.3, 0.4) is 0 Å². The second-order valence-electron chi connectivity index (χ2n) is 7.27. The number of carbonyl (C=O) groups excluding carboxylic acids is 3. The monoisotopic (exact) mass is 384 g/mol. The minimum atomic E-state index is -0.379. The first-order valence-corrected chi connectivity index (χ1v) is 9.36. The molecule has 144 valence electrons. The number of aryl methyl sites for hydroxylation is 2. The standard InChI is InChI=1S/C24H20N2O3/c1-15-6-8-17(9-7-15)14-26-23(28)20-11-10-18(13-21(20)24(26)29)22(27)25-19-5-3-4-16(2)12-19/h3-13H,14H2,1-2H3,(H,25,27). The van der Waals surface area contributed by atoms with E-state index in [0.29, 0.717) is 16.8 Å². The van der Waals surface area contributed by atoms with Gasteiger partial charge in [-0.3, -0.25) is 19.3 Å². The Balaban J connectivity index is 1.56. The maximum absolute atomic E-state index is 12.8. The van der Waals surface area contributed by atoms with E-state index in [0.717, 1.165) is 16.7 Å². The van der Waals surface area contributed by atoms with E-state index in [1.165, 1.54) is 11.0 Å². The van der Waals surface area contributed by atoms with Gasteiger partial charge >= 0.3 is 0 Å². The highest BCUT2D eigenvalue weighted by atomic mass is 16.2. The van der Waals surface area contributed by atoms with E-state index in [2.05, 4.69) is 5.32 Å². The lowest BCUT2D eigenvalue weighted by Gasteiger charge is -2.13. The average Bonchev–Trinajstić information content (AvgIpc) is 2.94. The number of nitrogens with zero attached hydrogens (tertiary/aromatic N) is 1. The van der Waals surface area contributed by atoms with Crippen molar-refractivity contribution in [1.29, 1.82) is 0 Å². The molecule has 0 unspecified atom stereocenters. The predicted molar refractivity (Wildman–Crippen MR) is 111 cm³/mol. The first kappa shape index (κ1) is 18.6. The molecule has 0 fully saturated rings. The third-order valence-electron chi connectivity index (χ3n) is 4.97. The minimum Gasteiger partial charge on any atom is -0.322 e. The maximum atomic E-state index is 12.8. The van der Waals surface area contributed by atoms with Gasteiger partial charge in [0.1, 0.15) is 0 Å². The third-order valence-corrected chi connectivity index (χ3v) is 4.97.